The zero-order valence-electron chi connectivity index (χ0n) is 16.5. The molecule has 18 nitrogen and oxygen atoms in total. The molecule has 33 heavy (non-hydrogen) atoms. The molecule has 1 fully saturated rings. The smallest absolute Gasteiger partial charge is 0.387 e. The summed E-state index contributed by atoms with van der Waals surface area (Å²) < 4.78 is 65.3. The van der Waals surface area contributed by atoms with Crippen LogP contribution in [0.4, 0.5) is 4.39 Å². The Hall–Kier alpha value is -1.17. The second kappa shape index (κ2) is 9.13. The minimum absolute atomic E-state index is 0.269. The van der Waals surface area contributed by atoms with Crippen molar-refractivity contribution in [1.82, 2.24) is 14.8 Å². The number of rotatable bonds is 9. The van der Waals surface area contributed by atoms with E-state index in [0.717, 1.165) is 13.8 Å². The summed E-state index contributed by atoms with van der Waals surface area (Å²) >= 11 is 0. The van der Waals surface area contributed by atoms with E-state index in [1.807, 2.05) is 0 Å². The summed E-state index contributed by atoms with van der Waals surface area (Å²) in [5.41, 5.74) is -7.44. The van der Waals surface area contributed by atoms with Gasteiger partial charge in [-0.05, 0) is 13.8 Å². The molecule has 1 saturated heterocycles. The van der Waals surface area contributed by atoms with Crippen molar-refractivity contribution in [2.45, 2.75) is 43.5 Å². The molecule has 1 aromatic rings. The highest BCUT2D eigenvalue weighted by molar-refractivity contribution is 7.66. The largest absolute Gasteiger partial charge is 0.490 e. The van der Waals surface area contributed by atoms with Gasteiger partial charge < -0.3 is 34.5 Å². The molecular weight excluding hydrogens is 526 g/mol. The van der Waals surface area contributed by atoms with Gasteiger partial charge in [0.1, 0.15) is 30.7 Å². The van der Waals surface area contributed by atoms with E-state index < -0.39 is 71.0 Å². The Balaban J connectivity index is 2.35. The normalized spacial score (nSPS) is 30.0. The van der Waals surface area contributed by atoms with Gasteiger partial charge >= 0.3 is 29.2 Å². The number of hydrogen-bond donors (Lipinski definition) is 7. The maximum atomic E-state index is 13.7. The quantitative estimate of drug-likeness (QED) is 0.165. The van der Waals surface area contributed by atoms with Crippen molar-refractivity contribution < 1.29 is 65.8 Å². The van der Waals surface area contributed by atoms with Crippen LogP contribution < -0.4 is 11.2 Å². The fourth-order valence-corrected chi connectivity index (χ4v) is 6.21. The van der Waals surface area contributed by atoms with E-state index in [-0.39, 0.29) is 4.68 Å². The average molecular weight is 545 g/mol. The third-order valence-corrected chi connectivity index (χ3v) is 8.16. The Morgan fingerprint density at radius 1 is 1.21 bits per heavy atom. The number of aromatic amines is 1. The van der Waals surface area contributed by atoms with Gasteiger partial charge in [-0.3, -0.25) is 14.3 Å². The lowest BCUT2D eigenvalue weighted by molar-refractivity contribution is -0.134. The van der Waals surface area contributed by atoms with E-state index in [1.54, 1.807) is 4.98 Å². The van der Waals surface area contributed by atoms with E-state index in [1.165, 1.54) is 0 Å². The molecule has 0 bridgehead atoms. The van der Waals surface area contributed by atoms with Gasteiger partial charge in [-0.1, -0.05) is 0 Å². The van der Waals surface area contributed by atoms with Crippen molar-refractivity contribution in [1.29, 1.82) is 0 Å². The van der Waals surface area contributed by atoms with Gasteiger partial charge in [0.2, 0.25) is 0 Å². The summed E-state index contributed by atoms with van der Waals surface area (Å²) in [6, 6.07) is 0. The molecular formula is C11H19FN3O15P3. The molecule has 2 rings (SSSR count). The Morgan fingerprint density at radius 3 is 2.27 bits per heavy atom. The first-order valence-electron chi connectivity index (χ1n) is 8.38. The molecule has 0 amide bonds. The zero-order chi connectivity index (χ0) is 25.6. The number of aromatic nitrogens is 3. The molecule has 0 radical (unpaired) electrons. The van der Waals surface area contributed by atoms with E-state index in [2.05, 4.69) is 18.2 Å². The predicted octanol–water partition coefficient (Wildman–Crippen LogP) is -1.99. The molecule has 1 aromatic heterocycles. The summed E-state index contributed by atoms with van der Waals surface area (Å²) in [5, 5.41) is 24.4. The first kappa shape index (κ1) is 28.1. The first-order valence-corrected chi connectivity index (χ1v) is 12.9. The fourth-order valence-electron chi connectivity index (χ4n) is 2.87. The fraction of sp³-hybridized carbons (Fsp3) is 0.727. The summed E-state index contributed by atoms with van der Waals surface area (Å²) in [4.78, 5) is 61.0. The van der Waals surface area contributed by atoms with Gasteiger partial charge in [-0.25, -0.2) is 22.9 Å². The van der Waals surface area contributed by atoms with E-state index in [4.69, 9.17) is 14.5 Å². The molecule has 1 aliphatic rings. The number of nitrogens with one attached hydrogen (secondary N) is 1. The van der Waals surface area contributed by atoms with Crippen LogP contribution in [-0.2, 0) is 31.6 Å². The van der Waals surface area contributed by atoms with Gasteiger partial charge in [0.25, 0.3) is 5.56 Å². The molecule has 2 heterocycles. The summed E-state index contributed by atoms with van der Waals surface area (Å²) in [7, 11) is -17.3. The Bertz CT molecular complexity index is 1150. The minimum Gasteiger partial charge on any atom is -0.387 e. The average Bonchev–Trinajstić information content (AvgIpc) is 2.83. The zero-order valence-corrected chi connectivity index (χ0v) is 19.2. The number of aliphatic hydroxyl groups excluding tert-OH is 1. The second-order valence-corrected chi connectivity index (χ2v) is 11.5. The molecule has 0 saturated carbocycles. The Morgan fingerprint density at radius 2 is 1.79 bits per heavy atom. The number of nitrogens with zero attached hydrogens (tertiary/aromatic N) is 2. The number of halogens is 1. The van der Waals surface area contributed by atoms with E-state index >= 15 is 0 Å². The van der Waals surface area contributed by atoms with E-state index in [9.17, 15) is 47.7 Å². The molecule has 0 aliphatic carbocycles. The number of phosphoric acid groups is 3. The van der Waals surface area contributed by atoms with Crippen molar-refractivity contribution in [2.24, 2.45) is 0 Å². The van der Waals surface area contributed by atoms with Crippen LogP contribution in [0.2, 0.25) is 0 Å². The van der Waals surface area contributed by atoms with Gasteiger partial charge in [-0.2, -0.15) is 18.4 Å². The topological polar surface area (TPSA) is 277 Å². The van der Waals surface area contributed by atoms with Gasteiger partial charge in [-0.15, -0.1) is 0 Å². The number of phosphoric ester groups is 1. The highest BCUT2D eigenvalue weighted by Crippen LogP contribution is 2.67. The summed E-state index contributed by atoms with van der Waals surface area (Å²) in [6.07, 6.45) is -5.79. The third kappa shape index (κ3) is 6.49. The first-order chi connectivity index (χ1) is 14.7. The van der Waals surface area contributed by atoms with Crippen LogP contribution in [0.25, 0.3) is 0 Å². The predicted molar refractivity (Wildman–Crippen MR) is 99.0 cm³/mol. The van der Waals surface area contributed by atoms with E-state index in [0.29, 0.717) is 6.20 Å². The molecule has 0 spiro atoms. The van der Waals surface area contributed by atoms with Crippen LogP contribution in [0.3, 0.4) is 0 Å². The third-order valence-electron chi connectivity index (χ3n) is 4.13. The summed E-state index contributed by atoms with van der Waals surface area (Å²) in [6.45, 7) is 0.0562. The Labute approximate surface area is 182 Å². The van der Waals surface area contributed by atoms with Crippen LogP contribution in [0.1, 0.15) is 20.1 Å². The van der Waals surface area contributed by atoms with Gasteiger partial charge in [0.15, 0.2) is 11.8 Å². The van der Waals surface area contributed by atoms with Crippen molar-refractivity contribution in [3.63, 3.8) is 0 Å². The standard InChI is InChI=1S/C11H19FN3O15P3/c1-10(2,28-32(23,24)30-33(25,26)29-31(20,21)22)7-6(17)11(19,4-12)8(27-7)15-9(18)14-5(16)3-13-15/h3,6-8,17,19H,4H2,1-2H3,(H,23,24)(H,25,26)(H,14,16,18)(H2,20,21,22)/t6?,7-,8+,11+/m0/s1. The lowest BCUT2D eigenvalue weighted by Crippen LogP contribution is -2.54. The molecule has 6 atom stereocenters. The van der Waals surface area contributed by atoms with Crippen LogP contribution in [-0.4, -0.2) is 74.6 Å². The van der Waals surface area contributed by atoms with Crippen LogP contribution >= 0.6 is 23.5 Å². The molecule has 3 unspecified atom stereocenters. The van der Waals surface area contributed by atoms with Crippen molar-refractivity contribution >= 4 is 23.5 Å². The number of aliphatic hydroxyl groups is 2. The van der Waals surface area contributed by atoms with Crippen LogP contribution in [0, 0.1) is 0 Å². The number of hydrogen-bond acceptors (Lipinski definition) is 12. The van der Waals surface area contributed by atoms with Crippen LogP contribution in [0.15, 0.2) is 15.8 Å². The Kier molecular flexibility index (Phi) is 7.76. The van der Waals surface area contributed by atoms with Crippen molar-refractivity contribution in [3.05, 3.63) is 27.0 Å². The molecule has 190 valence electrons. The maximum absolute atomic E-state index is 13.7. The molecule has 0 aromatic carbocycles. The molecule has 22 heteroatoms. The highest BCUT2D eigenvalue weighted by Gasteiger charge is 2.62. The lowest BCUT2D eigenvalue weighted by Gasteiger charge is -2.34. The molecule has 1 aliphatic heterocycles. The minimum atomic E-state index is -5.87. The second-order valence-electron chi connectivity index (χ2n) is 7.15. The van der Waals surface area contributed by atoms with Crippen LogP contribution in [0.5, 0.6) is 0 Å². The van der Waals surface area contributed by atoms with Gasteiger partial charge in [0.05, 0.1) is 0 Å². The SMILES string of the molecule is CC(C)(OP(=O)(O)OP(=O)(O)OP(=O)(O)O)[C@H]1O[C@@H](n2ncc(=O)[nH]c2=O)[C@@](O)(CF)C1O. The lowest BCUT2D eigenvalue weighted by atomic mass is 9.88. The van der Waals surface area contributed by atoms with Crippen molar-refractivity contribution in [2.75, 3.05) is 6.67 Å². The molecule has 7 N–H and O–H groups in total. The number of alkyl halides is 1. The highest BCUT2D eigenvalue weighted by atomic mass is 31.3. The summed E-state index contributed by atoms with van der Waals surface area (Å²) in [5.74, 6) is 0. The number of ether oxygens (including phenoxy) is 1. The monoisotopic (exact) mass is 545 g/mol. The van der Waals surface area contributed by atoms with Gasteiger partial charge in [0, 0.05) is 0 Å². The van der Waals surface area contributed by atoms with Crippen molar-refractivity contribution in [3.8, 4) is 0 Å². The maximum Gasteiger partial charge on any atom is 0.490 e. The number of H-pyrrole nitrogens is 1.